The molecule has 3 aliphatic rings. The van der Waals surface area contributed by atoms with E-state index in [0.717, 1.165) is 38.8 Å². The third-order valence-electron chi connectivity index (χ3n) is 6.60. The molecule has 1 aliphatic heterocycles. The van der Waals surface area contributed by atoms with E-state index in [9.17, 15) is 9.59 Å². The standard InChI is InChI=1S/C21H28FN3O3/c22-21(9-6-17(26)18-16(21)5-4-10-23-18)19(27)24-15-20(7-2-1-3-8-20)25-11-13-28-14-12-25/h4-5,10H,1-3,6-9,11-15H2,(H,24,27)/t21-/m0/s1. The summed E-state index contributed by atoms with van der Waals surface area (Å²) in [5.74, 6) is -0.846. The number of hydrogen-bond acceptors (Lipinski definition) is 5. The number of carbonyl (C=O) groups is 2. The van der Waals surface area contributed by atoms with Gasteiger partial charge in [-0.1, -0.05) is 25.3 Å². The second-order valence-electron chi connectivity index (χ2n) is 8.19. The van der Waals surface area contributed by atoms with Gasteiger partial charge in [0.25, 0.3) is 5.91 Å². The fraction of sp³-hybridized carbons (Fsp3) is 0.667. The summed E-state index contributed by atoms with van der Waals surface area (Å²) in [4.78, 5) is 31.5. The number of morpholine rings is 1. The van der Waals surface area contributed by atoms with Gasteiger partial charge in [-0.25, -0.2) is 4.39 Å². The van der Waals surface area contributed by atoms with Gasteiger partial charge in [0, 0.05) is 49.8 Å². The largest absolute Gasteiger partial charge is 0.379 e. The maximum atomic E-state index is 15.8. The molecule has 0 spiro atoms. The van der Waals surface area contributed by atoms with E-state index in [1.807, 2.05) is 0 Å². The van der Waals surface area contributed by atoms with Crippen LogP contribution in [-0.2, 0) is 15.2 Å². The maximum absolute atomic E-state index is 15.8. The number of fused-ring (bicyclic) bond motifs is 1. The first-order chi connectivity index (χ1) is 13.6. The van der Waals surface area contributed by atoms with Crippen LogP contribution in [0.5, 0.6) is 0 Å². The van der Waals surface area contributed by atoms with Crippen molar-refractivity contribution in [1.29, 1.82) is 0 Å². The molecule has 2 aliphatic carbocycles. The van der Waals surface area contributed by atoms with Gasteiger partial charge in [-0.3, -0.25) is 19.5 Å². The van der Waals surface area contributed by atoms with Crippen molar-refractivity contribution in [3.63, 3.8) is 0 Å². The van der Waals surface area contributed by atoms with Gasteiger partial charge >= 0.3 is 0 Å². The van der Waals surface area contributed by atoms with Gasteiger partial charge in [-0.15, -0.1) is 0 Å². The normalized spacial score (nSPS) is 27.8. The average molecular weight is 389 g/mol. The van der Waals surface area contributed by atoms with Gasteiger partial charge in [-0.2, -0.15) is 0 Å². The molecule has 1 amide bonds. The van der Waals surface area contributed by atoms with Crippen LogP contribution in [0.1, 0.15) is 61.0 Å². The zero-order valence-electron chi connectivity index (χ0n) is 16.2. The van der Waals surface area contributed by atoms with Crippen LogP contribution < -0.4 is 5.32 Å². The Hall–Kier alpha value is -1.86. The lowest BCUT2D eigenvalue weighted by Crippen LogP contribution is -2.60. The zero-order chi connectivity index (χ0) is 19.6. The summed E-state index contributed by atoms with van der Waals surface area (Å²) in [7, 11) is 0. The molecule has 0 unspecified atom stereocenters. The summed E-state index contributed by atoms with van der Waals surface area (Å²) >= 11 is 0. The van der Waals surface area contributed by atoms with Gasteiger partial charge in [0.2, 0.25) is 5.67 Å². The predicted octanol–water partition coefficient (Wildman–Crippen LogP) is 2.37. The van der Waals surface area contributed by atoms with Crippen molar-refractivity contribution >= 4 is 11.7 Å². The Morgan fingerprint density at radius 2 is 1.96 bits per heavy atom. The van der Waals surface area contributed by atoms with E-state index in [-0.39, 0.29) is 35.4 Å². The minimum atomic E-state index is -2.20. The monoisotopic (exact) mass is 389 g/mol. The van der Waals surface area contributed by atoms with E-state index >= 15 is 4.39 Å². The number of halogens is 1. The summed E-state index contributed by atoms with van der Waals surface area (Å²) in [5.41, 5.74) is -2.13. The van der Waals surface area contributed by atoms with Crippen molar-refractivity contribution in [3.05, 3.63) is 29.6 Å². The quantitative estimate of drug-likeness (QED) is 0.856. The first kappa shape index (κ1) is 19.5. The minimum absolute atomic E-state index is 0.00252. The van der Waals surface area contributed by atoms with Gasteiger partial charge in [0.1, 0.15) is 5.69 Å². The number of ketones is 1. The third-order valence-corrected chi connectivity index (χ3v) is 6.60. The Morgan fingerprint density at radius 1 is 1.21 bits per heavy atom. The number of Topliss-reactive ketones (excluding diaryl/α,β-unsaturated/α-hetero) is 1. The molecule has 1 aromatic heterocycles. The van der Waals surface area contributed by atoms with E-state index in [1.54, 1.807) is 6.07 Å². The molecular weight excluding hydrogens is 361 g/mol. The summed E-state index contributed by atoms with van der Waals surface area (Å²) in [5, 5.41) is 2.92. The zero-order valence-corrected chi connectivity index (χ0v) is 16.2. The van der Waals surface area contributed by atoms with Crippen LogP contribution in [-0.4, -0.2) is 60.0 Å². The van der Waals surface area contributed by atoms with E-state index in [0.29, 0.717) is 19.8 Å². The van der Waals surface area contributed by atoms with Crippen LogP contribution in [0.15, 0.2) is 18.3 Å². The van der Waals surface area contributed by atoms with Crippen LogP contribution in [0, 0.1) is 0 Å². The highest BCUT2D eigenvalue weighted by Crippen LogP contribution is 2.39. The van der Waals surface area contributed by atoms with Crippen molar-refractivity contribution in [2.45, 2.75) is 56.2 Å². The van der Waals surface area contributed by atoms with E-state index in [4.69, 9.17) is 4.74 Å². The Bertz CT molecular complexity index is 744. The number of nitrogens with one attached hydrogen (secondary N) is 1. The average Bonchev–Trinajstić information content (AvgIpc) is 2.76. The SMILES string of the molecule is O=C1CC[C@@](F)(C(=O)NCC2(N3CCOCC3)CCCCC2)c2cccnc21. The molecule has 7 heteroatoms. The molecule has 1 N–H and O–H groups in total. The lowest BCUT2D eigenvalue weighted by molar-refractivity contribution is -0.135. The van der Waals surface area contributed by atoms with Gasteiger partial charge < -0.3 is 10.1 Å². The molecule has 1 saturated carbocycles. The molecule has 152 valence electrons. The fourth-order valence-corrected chi connectivity index (χ4v) is 4.96. The van der Waals surface area contributed by atoms with Crippen LogP contribution >= 0.6 is 0 Å². The molecular formula is C21H28FN3O3. The Labute approximate surface area is 164 Å². The summed E-state index contributed by atoms with van der Waals surface area (Å²) in [6.07, 6.45) is 6.80. The Morgan fingerprint density at radius 3 is 2.71 bits per heavy atom. The van der Waals surface area contributed by atoms with Gasteiger partial charge in [-0.05, 0) is 18.9 Å². The predicted molar refractivity (Wildman–Crippen MR) is 102 cm³/mol. The highest BCUT2D eigenvalue weighted by atomic mass is 19.1. The van der Waals surface area contributed by atoms with Crippen molar-refractivity contribution in [2.75, 3.05) is 32.8 Å². The highest BCUT2D eigenvalue weighted by Gasteiger charge is 2.48. The van der Waals surface area contributed by atoms with E-state index in [1.165, 1.54) is 18.7 Å². The van der Waals surface area contributed by atoms with Crippen molar-refractivity contribution < 1.29 is 18.7 Å². The van der Waals surface area contributed by atoms with Crippen LogP contribution in [0.25, 0.3) is 0 Å². The Balaban J connectivity index is 1.52. The summed E-state index contributed by atoms with van der Waals surface area (Å²) < 4.78 is 21.3. The molecule has 4 rings (SSSR count). The number of amides is 1. The number of alkyl halides is 1. The van der Waals surface area contributed by atoms with Gasteiger partial charge in [0.05, 0.1) is 13.2 Å². The minimum Gasteiger partial charge on any atom is -0.379 e. The van der Waals surface area contributed by atoms with Crippen LogP contribution in [0.2, 0.25) is 0 Å². The Kier molecular flexibility index (Phi) is 5.47. The topological polar surface area (TPSA) is 71.5 Å². The smallest absolute Gasteiger partial charge is 0.262 e. The van der Waals surface area contributed by atoms with E-state index in [2.05, 4.69) is 15.2 Å². The molecule has 0 aromatic carbocycles. The molecule has 1 saturated heterocycles. The molecule has 2 fully saturated rings. The summed E-state index contributed by atoms with van der Waals surface area (Å²) in [6, 6.07) is 3.09. The summed E-state index contributed by atoms with van der Waals surface area (Å²) in [6.45, 7) is 3.52. The number of hydrogen-bond donors (Lipinski definition) is 1. The molecule has 1 aromatic rings. The molecule has 6 nitrogen and oxygen atoms in total. The van der Waals surface area contributed by atoms with Gasteiger partial charge in [0.15, 0.2) is 5.78 Å². The molecule has 0 bridgehead atoms. The first-order valence-electron chi connectivity index (χ1n) is 10.3. The number of aromatic nitrogens is 1. The maximum Gasteiger partial charge on any atom is 0.262 e. The number of nitrogens with zero attached hydrogens (tertiary/aromatic N) is 2. The number of carbonyl (C=O) groups excluding carboxylic acids is 2. The number of rotatable bonds is 4. The number of ether oxygens (including phenoxy) is 1. The molecule has 1 atom stereocenters. The van der Waals surface area contributed by atoms with Crippen molar-refractivity contribution in [3.8, 4) is 0 Å². The third kappa shape index (κ3) is 3.46. The van der Waals surface area contributed by atoms with Crippen LogP contribution in [0.4, 0.5) is 4.39 Å². The van der Waals surface area contributed by atoms with Crippen LogP contribution in [0.3, 0.4) is 0 Å². The van der Waals surface area contributed by atoms with Crippen molar-refractivity contribution in [2.24, 2.45) is 0 Å². The molecule has 28 heavy (non-hydrogen) atoms. The fourth-order valence-electron chi connectivity index (χ4n) is 4.96. The lowest BCUT2D eigenvalue weighted by atomic mass is 9.78. The van der Waals surface area contributed by atoms with E-state index < -0.39 is 11.6 Å². The second-order valence-corrected chi connectivity index (χ2v) is 8.19. The second kappa shape index (κ2) is 7.87. The number of pyridine rings is 1. The molecule has 0 radical (unpaired) electrons. The first-order valence-corrected chi connectivity index (χ1v) is 10.3. The highest BCUT2D eigenvalue weighted by molar-refractivity contribution is 6.01. The lowest BCUT2D eigenvalue weighted by Gasteiger charge is -2.48. The van der Waals surface area contributed by atoms with Crippen molar-refractivity contribution in [1.82, 2.24) is 15.2 Å². The molecule has 2 heterocycles.